The molecule has 1 aromatic carbocycles. The first-order valence-electron chi connectivity index (χ1n) is 5.93. The first kappa shape index (κ1) is 16.8. The molecule has 0 saturated carbocycles. The van der Waals surface area contributed by atoms with Crippen LogP contribution in [0.1, 0.15) is 37.8 Å². The fourth-order valence-corrected chi connectivity index (χ4v) is 1.82. The average molecular weight is 308 g/mol. The molecule has 0 aliphatic carbocycles. The Morgan fingerprint density at radius 2 is 1.82 bits per heavy atom. The number of carbonyl (C=O) groups is 1. The fourth-order valence-electron chi connectivity index (χ4n) is 1.82. The third kappa shape index (κ3) is 4.89. The Labute approximate surface area is 129 Å². The van der Waals surface area contributed by atoms with Crippen LogP contribution in [0.25, 0.3) is 0 Å². The van der Waals surface area contributed by atoms with Crippen LogP contribution in [-0.2, 0) is 37.5 Å². The van der Waals surface area contributed by atoms with Crippen LogP contribution in [0.4, 0.5) is 5.69 Å². The van der Waals surface area contributed by atoms with Crippen molar-refractivity contribution in [2.24, 2.45) is 5.92 Å². The topological polar surface area (TPSA) is 29.1 Å². The zero-order valence-electron chi connectivity index (χ0n) is 11.2. The number of anilines is 1. The average Bonchev–Trinajstić information content (AvgIpc) is 2.23. The van der Waals surface area contributed by atoms with E-state index in [1.165, 1.54) is 0 Å². The Kier molecular flexibility index (Phi) is 7.90. The summed E-state index contributed by atoms with van der Waals surface area (Å²) in [6.07, 6.45) is 1.98. The largest absolute Gasteiger partial charge is 0.325 e. The van der Waals surface area contributed by atoms with Gasteiger partial charge in [-0.15, -0.1) is 0 Å². The van der Waals surface area contributed by atoms with Crippen molar-refractivity contribution in [1.82, 2.24) is 0 Å². The van der Waals surface area contributed by atoms with Crippen LogP contribution in [0, 0.1) is 19.8 Å². The summed E-state index contributed by atoms with van der Waals surface area (Å²) < 4.78 is 0. The predicted molar refractivity (Wildman–Crippen MR) is 68.6 cm³/mol. The van der Waals surface area contributed by atoms with Crippen LogP contribution < -0.4 is 5.32 Å². The van der Waals surface area contributed by atoms with E-state index in [0.717, 1.165) is 29.7 Å². The molecular weight excluding hydrogens is 287 g/mol. The summed E-state index contributed by atoms with van der Waals surface area (Å²) in [6.45, 7) is 8.12. The molecule has 0 aliphatic heterocycles. The van der Waals surface area contributed by atoms with Crippen molar-refractivity contribution in [2.75, 3.05) is 5.32 Å². The maximum absolute atomic E-state index is 11.9. The maximum Gasteiger partial charge on any atom is 0.227 e. The van der Waals surface area contributed by atoms with Gasteiger partial charge < -0.3 is 5.32 Å². The van der Waals surface area contributed by atoms with Crippen molar-refractivity contribution in [3.63, 3.8) is 0 Å². The Hall–Kier alpha value is -0.206. The van der Waals surface area contributed by atoms with Gasteiger partial charge in [0.15, 0.2) is 0 Å². The van der Waals surface area contributed by atoms with Crippen LogP contribution in [0.2, 0.25) is 0 Å². The van der Waals surface area contributed by atoms with Crippen molar-refractivity contribution >= 4 is 11.6 Å². The molecule has 0 fully saturated rings. The first-order chi connectivity index (χ1) is 7.56. The predicted octanol–water partition coefficient (Wildman–Crippen LogP) is 3.68. The van der Waals surface area contributed by atoms with Gasteiger partial charge in [-0.3, -0.25) is 4.79 Å². The number of rotatable bonds is 4. The van der Waals surface area contributed by atoms with Gasteiger partial charge in [0, 0.05) is 44.3 Å². The molecule has 0 saturated heterocycles. The van der Waals surface area contributed by atoms with Gasteiger partial charge in [0.25, 0.3) is 0 Å². The molecule has 3 heteroatoms. The molecule has 0 aliphatic rings. The van der Waals surface area contributed by atoms with Crippen LogP contribution in [0.15, 0.2) is 18.2 Å². The molecule has 2 nitrogen and oxygen atoms in total. The molecule has 0 bridgehead atoms. The molecule has 17 heavy (non-hydrogen) atoms. The summed E-state index contributed by atoms with van der Waals surface area (Å²) in [5, 5.41) is 3.02. The molecule has 1 unspecified atom stereocenters. The molecule has 1 N–H and O–H groups in total. The zero-order valence-corrected chi connectivity index (χ0v) is 14.0. The van der Waals surface area contributed by atoms with E-state index in [-0.39, 0.29) is 44.5 Å². The minimum absolute atomic E-state index is 0. The van der Waals surface area contributed by atoms with Gasteiger partial charge in [0.1, 0.15) is 0 Å². The van der Waals surface area contributed by atoms with Crippen LogP contribution >= 0.6 is 0 Å². The number of amides is 1. The van der Waals surface area contributed by atoms with E-state index in [1.807, 2.05) is 39.0 Å². The van der Waals surface area contributed by atoms with E-state index in [4.69, 9.17) is 0 Å². The molecule has 0 heterocycles. The van der Waals surface area contributed by atoms with Gasteiger partial charge in [0.2, 0.25) is 5.91 Å². The van der Waals surface area contributed by atoms with Crippen LogP contribution in [0.5, 0.6) is 0 Å². The Morgan fingerprint density at radius 1 is 1.29 bits per heavy atom. The van der Waals surface area contributed by atoms with Gasteiger partial charge >= 0.3 is 0 Å². The summed E-state index contributed by atoms with van der Waals surface area (Å²) >= 11 is 0. The Morgan fingerprint density at radius 3 is 2.29 bits per heavy atom. The van der Waals surface area contributed by atoms with E-state index in [0.29, 0.717) is 0 Å². The Bertz CT molecular complexity index is 356. The standard InChI is InChI=1S/C14H21NO.Y/c1-5-7-12(4)14(16)15-13-10(2)8-6-9-11(13)3;/h6,8-9,12H,5,7H2,1-4H3,(H,15,16);. The molecular formula is C14H21NOY. The van der Waals surface area contributed by atoms with Crippen molar-refractivity contribution in [2.45, 2.75) is 40.5 Å². The van der Waals surface area contributed by atoms with Crippen molar-refractivity contribution in [1.29, 1.82) is 0 Å². The third-order valence-corrected chi connectivity index (χ3v) is 2.90. The number of hydrogen-bond acceptors (Lipinski definition) is 1. The number of para-hydroxylation sites is 1. The summed E-state index contributed by atoms with van der Waals surface area (Å²) in [5.41, 5.74) is 3.21. The summed E-state index contributed by atoms with van der Waals surface area (Å²) in [4.78, 5) is 11.9. The van der Waals surface area contributed by atoms with Crippen molar-refractivity contribution in [3.8, 4) is 0 Å². The van der Waals surface area contributed by atoms with Crippen LogP contribution in [-0.4, -0.2) is 5.91 Å². The molecule has 1 rings (SSSR count). The first-order valence-corrected chi connectivity index (χ1v) is 5.93. The summed E-state index contributed by atoms with van der Waals surface area (Å²) in [6, 6.07) is 6.05. The van der Waals surface area contributed by atoms with E-state index in [2.05, 4.69) is 12.2 Å². The van der Waals surface area contributed by atoms with E-state index in [1.54, 1.807) is 0 Å². The van der Waals surface area contributed by atoms with Gasteiger partial charge in [-0.1, -0.05) is 38.5 Å². The molecule has 0 aromatic heterocycles. The van der Waals surface area contributed by atoms with Gasteiger partial charge in [-0.05, 0) is 31.4 Å². The molecule has 1 radical (unpaired) electrons. The van der Waals surface area contributed by atoms with Gasteiger partial charge in [-0.2, -0.15) is 0 Å². The van der Waals surface area contributed by atoms with E-state index in [9.17, 15) is 4.79 Å². The number of nitrogens with one attached hydrogen (secondary N) is 1. The summed E-state index contributed by atoms with van der Waals surface area (Å²) in [5.74, 6) is 0.211. The minimum Gasteiger partial charge on any atom is -0.325 e. The zero-order chi connectivity index (χ0) is 12.1. The number of hydrogen-bond donors (Lipinski definition) is 1. The van der Waals surface area contributed by atoms with Crippen LogP contribution in [0.3, 0.4) is 0 Å². The maximum atomic E-state index is 11.9. The third-order valence-electron chi connectivity index (χ3n) is 2.90. The molecule has 91 valence electrons. The second kappa shape index (κ2) is 7.99. The molecule has 1 atom stereocenters. The number of carbonyl (C=O) groups excluding carboxylic acids is 1. The molecule has 1 aromatic rings. The summed E-state index contributed by atoms with van der Waals surface area (Å²) in [7, 11) is 0. The van der Waals surface area contributed by atoms with Crippen molar-refractivity contribution < 1.29 is 37.5 Å². The number of benzene rings is 1. The number of aryl methyl sites for hydroxylation is 2. The SMILES string of the molecule is CCCC(C)C(=O)Nc1c(C)cccc1C.[Y]. The normalized spacial score (nSPS) is 11.5. The smallest absolute Gasteiger partial charge is 0.227 e. The van der Waals surface area contributed by atoms with Gasteiger partial charge in [-0.25, -0.2) is 0 Å². The van der Waals surface area contributed by atoms with E-state index < -0.39 is 0 Å². The minimum atomic E-state index is 0. The second-order valence-corrected chi connectivity index (χ2v) is 4.45. The Balaban J connectivity index is 0.00000256. The van der Waals surface area contributed by atoms with Crippen molar-refractivity contribution in [3.05, 3.63) is 29.3 Å². The van der Waals surface area contributed by atoms with E-state index >= 15 is 0 Å². The molecule has 1 amide bonds. The quantitative estimate of drug-likeness (QED) is 0.903. The molecule has 0 spiro atoms. The van der Waals surface area contributed by atoms with Gasteiger partial charge in [0.05, 0.1) is 0 Å². The monoisotopic (exact) mass is 308 g/mol. The second-order valence-electron chi connectivity index (χ2n) is 4.45. The fraction of sp³-hybridized carbons (Fsp3) is 0.500.